The van der Waals surface area contributed by atoms with E-state index in [0.717, 1.165) is 43.0 Å². The number of aliphatic carboxylic acids is 1. The van der Waals surface area contributed by atoms with Gasteiger partial charge in [0, 0.05) is 17.3 Å². The van der Waals surface area contributed by atoms with Gasteiger partial charge in [0.2, 0.25) is 0 Å². The second-order valence-corrected chi connectivity index (χ2v) is 8.34. The summed E-state index contributed by atoms with van der Waals surface area (Å²) in [4.78, 5) is 25.5. The average Bonchev–Trinajstić information content (AvgIpc) is 2.69. The van der Waals surface area contributed by atoms with Gasteiger partial charge in [0.25, 0.3) is 5.24 Å². The minimum absolute atomic E-state index is 0.322. The first-order chi connectivity index (χ1) is 13.9. The van der Waals surface area contributed by atoms with Crippen LogP contribution in [0.5, 0.6) is 5.75 Å². The molecular weight excluding hydrogens is 454 g/mol. The summed E-state index contributed by atoms with van der Waals surface area (Å²) in [5.74, 6) is -0.337. The molecule has 0 unspecified atom stereocenters. The lowest BCUT2D eigenvalue weighted by atomic mass is 10.0. The van der Waals surface area contributed by atoms with Crippen LogP contribution in [0.3, 0.4) is 0 Å². The van der Waals surface area contributed by atoms with E-state index in [1.54, 1.807) is 7.11 Å². The van der Waals surface area contributed by atoms with E-state index < -0.39 is 5.97 Å². The summed E-state index contributed by atoms with van der Waals surface area (Å²) in [6.45, 7) is -0.342. The molecule has 0 spiro atoms. The molecule has 0 saturated heterocycles. The molecule has 3 rings (SSSR count). The predicted octanol–water partition coefficient (Wildman–Crippen LogP) is 5.43. The Morgan fingerprint density at radius 2 is 1.79 bits per heavy atom. The van der Waals surface area contributed by atoms with Crippen molar-refractivity contribution in [2.75, 3.05) is 20.7 Å². The van der Waals surface area contributed by atoms with E-state index in [1.165, 1.54) is 11.9 Å². The molecule has 0 aliphatic heterocycles. The van der Waals surface area contributed by atoms with Gasteiger partial charge in [-0.2, -0.15) is 0 Å². The quantitative estimate of drug-likeness (QED) is 0.483. The van der Waals surface area contributed by atoms with Crippen LogP contribution >= 0.6 is 27.7 Å². The van der Waals surface area contributed by atoms with Crippen LogP contribution in [0.25, 0.3) is 10.8 Å². The summed E-state index contributed by atoms with van der Waals surface area (Å²) in [7, 11) is 3.10. The van der Waals surface area contributed by atoms with Gasteiger partial charge in [-0.3, -0.25) is 9.59 Å². The Bertz CT molecular complexity index is 1060. The molecule has 0 aliphatic rings. The maximum Gasteiger partial charge on any atom is 0.323 e. The zero-order valence-corrected chi connectivity index (χ0v) is 18.4. The number of ether oxygens (including phenoxy) is 1. The number of carboxylic acid groups (broad SMARTS) is 1. The van der Waals surface area contributed by atoms with Gasteiger partial charge in [-0.25, -0.2) is 0 Å². The SMILES string of the molecule is COc1ccc2c(SC(=O)N(C)CC(=O)O)cc(Cc3ccccc3)cc2c1Br. The summed E-state index contributed by atoms with van der Waals surface area (Å²) in [6, 6.07) is 17.9. The molecule has 0 aliphatic carbocycles. The third kappa shape index (κ3) is 5.10. The highest BCUT2D eigenvalue weighted by molar-refractivity contribution is 9.10. The fraction of sp³-hybridized carbons (Fsp3) is 0.182. The van der Waals surface area contributed by atoms with Crippen molar-refractivity contribution in [1.29, 1.82) is 0 Å². The van der Waals surface area contributed by atoms with Crippen molar-refractivity contribution < 1.29 is 19.4 Å². The maximum absolute atomic E-state index is 12.6. The van der Waals surface area contributed by atoms with Crippen molar-refractivity contribution in [3.05, 3.63) is 70.2 Å². The number of carboxylic acids is 1. The van der Waals surface area contributed by atoms with Crippen LogP contribution in [0.15, 0.2) is 64.0 Å². The Hall–Kier alpha value is -2.51. The van der Waals surface area contributed by atoms with Crippen molar-refractivity contribution in [1.82, 2.24) is 4.90 Å². The lowest BCUT2D eigenvalue weighted by Gasteiger charge is -2.16. The minimum Gasteiger partial charge on any atom is -0.496 e. The van der Waals surface area contributed by atoms with Crippen molar-refractivity contribution in [3.8, 4) is 5.75 Å². The summed E-state index contributed by atoms with van der Waals surface area (Å²) < 4.78 is 6.24. The minimum atomic E-state index is -1.04. The summed E-state index contributed by atoms with van der Waals surface area (Å²) in [6.07, 6.45) is 0.715. The number of carbonyl (C=O) groups excluding carboxylic acids is 1. The highest BCUT2D eigenvalue weighted by atomic mass is 79.9. The van der Waals surface area contributed by atoms with Gasteiger partial charge in [0.05, 0.1) is 11.6 Å². The van der Waals surface area contributed by atoms with E-state index in [0.29, 0.717) is 12.2 Å². The predicted molar refractivity (Wildman–Crippen MR) is 119 cm³/mol. The summed E-state index contributed by atoms with van der Waals surface area (Å²) >= 11 is 4.65. The molecule has 0 fully saturated rings. The van der Waals surface area contributed by atoms with Crippen LogP contribution in [-0.2, 0) is 11.2 Å². The number of amides is 1. The number of halogens is 1. The monoisotopic (exact) mass is 473 g/mol. The van der Waals surface area contributed by atoms with Crippen LogP contribution in [0.4, 0.5) is 4.79 Å². The highest BCUT2D eigenvalue weighted by Gasteiger charge is 2.18. The fourth-order valence-corrected chi connectivity index (χ4v) is 4.55. The smallest absolute Gasteiger partial charge is 0.323 e. The zero-order valence-electron chi connectivity index (χ0n) is 16.0. The number of thioether (sulfide) groups is 1. The van der Waals surface area contributed by atoms with Gasteiger partial charge in [-0.05, 0) is 74.9 Å². The Labute approximate surface area is 181 Å². The first-order valence-corrected chi connectivity index (χ1v) is 10.5. The van der Waals surface area contributed by atoms with Crippen LogP contribution in [-0.4, -0.2) is 41.9 Å². The van der Waals surface area contributed by atoms with Crippen LogP contribution in [0.2, 0.25) is 0 Å². The van der Waals surface area contributed by atoms with Crippen LogP contribution in [0, 0.1) is 0 Å². The van der Waals surface area contributed by atoms with Crippen LogP contribution < -0.4 is 4.74 Å². The van der Waals surface area contributed by atoms with Gasteiger partial charge in [-0.1, -0.05) is 30.3 Å². The molecule has 0 bridgehead atoms. The number of rotatable bonds is 6. The zero-order chi connectivity index (χ0) is 21.0. The summed E-state index contributed by atoms with van der Waals surface area (Å²) in [5.41, 5.74) is 2.21. The Balaban J connectivity index is 2.05. The number of methoxy groups -OCH3 is 1. The topological polar surface area (TPSA) is 66.8 Å². The van der Waals surface area contributed by atoms with E-state index in [-0.39, 0.29) is 11.8 Å². The maximum atomic E-state index is 12.6. The first kappa shape index (κ1) is 21.2. The van der Waals surface area contributed by atoms with Gasteiger partial charge in [0.15, 0.2) is 0 Å². The Morgan fingerprint density at radius 3 is 2.45 bits per heavy atom. The van der Waals surface area contributed by atoms with E-state index in [9.17, 15) is 9.59 Å². The van der Waals surface area contributed by atoms with Crippen molar-refractivity contribution in [2.45, 2.75) is 11.3 Å². The molecule has 29 heavy (non-hydrogen) atoms. The Kier molecular flexibility index (Phi) is 6.82. The molecule has 7 heteroatoms. The highest BCUT2D eigenvalue weighted by Crippen LogP contribution is 2.39. The number of nitrogens with zero attached hydrogens (tertiary/aromatic N) is 1. The van der Waals surface area contributed by atoms with Crippen molar-refractivity contribution in [3.63, 3.8) is 0 Å². The lowest BCUT2D eigenvalue weighted by Crippen LogP contribution is -2.28. The normalized spacial score (nSPS) is 10.7. The molecule has 1 N–H and O–H groups in total. The van der Waals surface area contributed by atoms with Crippen molar-refractivity contribution in [2.24, 2.45) is 0 Å². The number of carbonyl (C=O) groups is 2. The Morgan fingerprint density at radius 1 is 1.07 bits per heavy atom. The molecule has 0 radical (unpaired) electrons. The molecule has 5 nitrogen and oxygen atoms in total. The number of hydrogen-bond donors (Lipinski definition) is 1. The van der Waals surface area contributed by atoms with E-state index in [2.05, 4.69) is 34.1 Å². The molecule has 0 saturated carbocycles. The average molecular weight is 474 g/mol. The largest absolute Gasteiger partial charge is 0.496 e. The van der Waals surface area contributed by atoms with Crippen molar-refractivity contribution >= 4 is 49.7 Å². The van der Waals surface area contributed by atoms with Crippen LogP contribution in [0.1, 0.15) is 11.1 Å². The lowest BCUT2D eigenvalue weighted by molar-refractivity contribution is -0.137. The first-order valence-electron chi connectivity index (χ1n) is 8.87. The van der Waals surface area contributed by atoms with E-state index >= 15 is 0 Å². The molecule has 0 atom stereocenters. The third-order valence-electron chi connectivity index (χ3n) is 4.41. The standard InChI is InChI=1S/C22H20BrNO4S/c1-24(13-20(25)26)22(27)29-19-12-15(10-14-6-4-3-5-7-14)11-17-16(19)8-9-18(28-2)21(17)23/h3-9,11-12H,10,13H2,1-2H3,(H,25,26). The fourth-order valence-electron chi connectivity index (χ4n) is 3.02. The number of likely N-dealkylation sites (N-methyl/N-ethyl adjacent to an activating group) is 1. The molecule has 3 aromatic rings. The van der Waals surface area contributed by atoms with Gasteiger partial charge < -0.3 is 14.7 Å². The molecule has 0 heterocycles. The molecule has 150 valence electrons. The van der Waals surface area contributed by atoms with Gasteiger partial charge in [0.1, 0.15) is 12.3 Å². The second-order valence-electron chi connectivity index (χ2n) is 6.55. The molecule has 1 amide bonds. The number of hydrogen-bond acceptors (Lipinski definition) is 4. The molecule has 0 aromatic heterocycles. The number of benzene rings is 3. The third-order valence-corrected chi connectivity index (χ3v) is 6.27. The van der Waals surface area contributed by atoms with E-state index in [4.69, 9.17) is 9.84 Å². The van der Waals surface area contributed by atoms with Gasteiger partial charge in [-0.15, -0.1) is 0 Å². The summed E-state index contributed by atoms with van der Waals surface area (Å²) in [5, 5.41) is 10.5. The molecule has 3 aromatic carbocycles. The number of fused-ring (bicyclic) bond motifs is 1. The van der Waals surface area contributed by atoms with E-state index in [1.807, 2.05) is 36.4 Å². The second kappa shape index (κ2) is 9.33. The molecular formula is C22H20BrNO4S. The van der Waals surface area contributed by atoms with Gasteiger partial charge >= 0.3 is 5.97 Å².